The highest BCUT2D eigenvalue weighted by molar-refractivity contribution is 6.38. The molecule has 1 atom stereocenters. The van der Waals surface area contributed by atoms with Gasteiger partial charge >= 0.3 is 11.9 Å². The van der Waals surface area contributed by atoms with Crippen molar-refractivity contribution in [2.45, 2.75) is 13.3 Å². The van der Waals surface area contributed by atoms with Gasteiger partial charge in [0, 0.05) is 6.42 Å². The summed E-state index contributed by atoms with van der Waals surface area (Å²) in [7, 11) is 2.06. The molecule has 0 bridgehead atoms. The van der Waals surface area contributed by atoms with Crippen LogP contribution in [0.1, 0.15) is 13.3 Å². The topological polar surface area (TPSA) is 108 Å². The molecule has 0 heterocycles. The molecule has 0 saturated heterocycles. The SMILES string of the molecule is CCOc1ccccc1NC(=O)C[C@H](C(=O)OC)C(=O)C(=O)OC. The molecule has 1 N–H and O–H groups in total. The average molecular weight is 337 g/mol. The van der Waals surface area contributed by atoms with Crippen molar-refractivity contribution in [1.29, 1.82) is 0 Å². The van der Waals surface area contributed by atoms with Crippen LogP contribution in [0.3, 0.4) is 0 Å². The standard InChI is InChI=1S/C16H19NO7/c1-4-24-12-8-6-5-7-11(12)17-13(18)9-10(15(20)22-2)14(19)16(21)23-3/h5-8,10H,4,9H2,1-3H3,(H,17,18)/t10-/m0/s1. The van der Waals surface area contributed by atoms with Crippen LogP contribution in [0.15, 0.2) is 24.3 Å². The van der Waals surface area contributed by atoms with E-state index in [0.717, 1.165) is 14.2 Å². The highest BCUT2D eigenvalue weighted by Gasteiger charge is 2.35. The lowest BCUT2D eigenvalue weighted by Gasteiger charge is -2.14. The Hall–Kier alpha value is -2.90. The van der Waals surface area contributed by atoms with Crippen molar-refractivity contribution in [3.05, 3.63) is 24.3 Å². The van der Waals surface area contributed by atoms with Crippen molar-refractivity contribution in [3.63, 3.8) is 0 Å². The molecule has 8 heteroatoms. The first kappa shape index (κ1) is 19.1. The number of nitrogens with one attached hydrogen (secondary N) is 1. The van der Waals surface area contributed by atoms with E-state index in [0.29, 0.717) is 18.0 Å². The van der Waals surface area contributed by atoms with Crippen molar-refractivity contribution in [3.8, 4) is 5.75 Å². The van der Waals surface area contributed by atoms with Gasteiger partial charge in [0.1, 0.15) is 11.7 Å². The molecule has 0 aromatic heterocycles. The number of Topliss-reactive ketones (excluding diaryl/α,β-unsaturated/α-hetero) is 1. The van der Waals surface area contributed by atoms with Crippen LogP contribution < -0.4 is 10.1 Å². The van der Waals surface area contributed by atoms with Crippen LogP contribution in [0, 0.1) is 5.92 Å². The minimum atomic E-state index is -1.57. The number of carbonyl (C=O) groups is 4. The van der Waals surface area contributed by atoms with E-state index in [9.17, 15) is 19.2 Å². The third-order valence-electron chi connectivity index (χ3n) is 3.04. The summed E-state index contributed by atoms with van der Waals surface area (Å²) in [6.07, 6.45) is -0.554. The molecule has 0 saturated carbocycles. The van der Waals surface area contributed by atoms with Gasteiger partial charge in [-0.25, -0.2) is 4.79 Å². The number of ketones is 1. The van der Waals surface area contributed by atoms with Gasteiger partial charge in [0.15, 0.2) is 0 Å². The Kier molecular flexibility index (Phi) is 7.41. The Morgan fingerprint density at radius 1 is 1.08 bits per heavy atom. The number of carbonyl (C=O) groups excluding carboxylic acids is 4. The second-order valence-electron chi connectivity index (χ2n) is 4.61. The number of benzene rings is 1. The molecule has 0 fully saturated rings. The molecule has 8 nitrogen and oxygen atoms in total. The number of amides is 1. The molecular weight excluding hydrogens is 318 g/mol. The summed E-state index contributed by atoms with van der Waals surface area (Å²) in [5.41, 5.74) is 0.387. The van der Waals surface area contributed by atoms with Gasteiger partial charge < -0.3 is 19.5 Å². The molecule has 130 valence electrons. The van der Waals surface area contributed by atoms with Gasteiger partial charge in [0.05, 0.1) is 26.5 Å². The first-order chi connectivity index (χ1) is 11.4. The average Bonchev–Trinajstić information content (AvgIpc) is 2.59. The lowest BCUT2D eigenvalue weighted by Crippen LogP contribution is -2.35. The fourth-order valence-electron chi connectivity index (χ4n) is 1.91. The molecule has 0 radical (unpaired) electrons. The van der Waals surface area contributed by atoms with Crippen molar-refractivity contribution in [2.75, 3.05) is 26.1 Å². The van der Waals surface area contributed by atoms with Gasteiger partial charge in [-0.2, -0.15) is 0 Å². The molecule has 0 unspecified atom stereocenters. The van der Waals surface area contributed by atoms with E-state index in [1.54, 1.807) is 31.2 Å². The summed E-state index contributed by atoms with van der Waals surface area (Å²) in [4.78, 5) is 47.0. The molecule has 1 amide bonds. The molecule has 24 heavy (non-hydrogen) atoms. The first-order valence-corrected chi connectivity index (χ1v) is 7.16. The Morgan fingerprint density at radius 3 is 2.33 bits per heavy atom. The van der Waals surface area contributed by atoms with Crippen LogP contribution in [-0.2, 0) is 28.7 Å². The second kappa shape index (κ2) is 9.29. The summed E-state index contributed by atoms with van der Waals surface area (Å²) >= 11 is 0. The number of para-hydroxylation sites is 2. The van der Waals surface area contributed by atoms with Crippen molar-refractivity contribution in [1.82, 2.24) is 0 Å². The van der Waals surface area contributed by atoms with Crippen LogP contribution in [0.4, 0.5) is 5.69 Å². The third kappa shape index (κ3) is 5.08. The zero-order valence-corrected chi connectivity index (χ0v) is 13.7. The van der Waals surface area contributed by atoms with Crippen molar-refractivity contribution < 1.29 is 33.4 Å². The lowest BCUT2D eigenvalue weighted by atomic mass is 9.99. The fraction of sp³-hybridized carbons (Fsp3) is 0.375. The van der Waals surface area contributed by atoms with Crippen LogP contribution in [0.2, 0.25) is 0 Å². The van der Waals surface area contributed by atoms with Gasteiger partial charge in [0.2, 0.25) is 5.91 Å². The van der Waals surface area contributed by atoms with E-state index in [1.807, 2.05) is 0 Å². The maximum Gasteiger partial charge on any atom is 0.375 e. The van der Waals surface area contributed by atoms with Gasteiger partial charge in [-0.1, -0.05) is 12.1 Å². The van der Waals surface area contributed by atoms with Gasteiger partial charge in [0.25, 0.3) is 5.78 Å². The van der Waals surface area contributed by atoms with Crippen LogP contribution >= 0.6 is 0 Å². The molecule has 0 aliphatic heterocycles. The van der Waals surface area contributed by atoms with E-state index in [4.69, 9.17) is 4.74 Å². The molecular formula is C16H19NO7. The zero-order valence-electron chi connectivity index (χ0n) is 13.7. The van der Waals surface area contributed by atoms with E-state index in [1.165, 1.54) is 0 Å². The van der Waals surface area contributed by atoms with E-state index in [2.05, 4.69) is 14.8 Å². The summed E-state index contributed by atoms with van der Waals surface area (Å²) < 4.78 is 14.1. The minimum Gasteiger partial charge on any atom is -0.492 e. The Bertz CT molecular complexity index is 627. The quantitative estimate of drug-likeness (QED) is 0.427. The predicted octanol–water partition coefficient (Wildman–Crippen LogP) is 0.945. The van der Waals surface area contributed by atoms with Crippen LogP contribution in [-0.4, -0.2) is 44.5 Å². The maximum atomic E-state index is 12.1. The normalized spacial score (nSPS) is 11.1. The molecule has 1 aromatic carbocycles. The number of methoxy groups -OCH3 is 2. The first-order valence-electron chi connectivity index (χ1n) is 7.16. The minimum absolute atomic E-state index is 0.387. The Balaban J connectivity index is 2.88. The Labute approximate surface area is 139 Å². The monoisotopic (exact) mass is 337 g/mol. The molecule has 0 aliphatic rings. The molecule has 1 rings (SSSR count). The number of esters is 2. The summed E-state index contributed by atoms with van der Waals surface area (Å²) in [5, 5.41) is 2.54. The van der Waals surface area contributed by atoms with E-state index >= 15 is 0 Å². The largest absolute Gasteiger partial charge is 0.492 e. The van der Waals surface area contributed by atoms with Crippen molar-refractivity contribution in [2.24, 2.45) is 5.92 Å². The molecule has 0 spiro atoms. The molecule has 1 aromatic rings. The van der Waals surface area contributed by atoms with Gasteiger partial charge in [-0.3, -0.25) is 14.4 Å². The summed E-state index contributed by atoms with van der Waals surface area (Å²) in [6.45, 7) is 2.19. The van der Waals surface area contributed by atoms with E-state index < -0.39 is 36.0 Å². The fourth-order valence-corrected chi connectivity index (χ4v) is 1.91. The number of anilines is 1. The van der Waals surface area contributed by atoms with Gasteiger partial charge in [-0.05, 0) is 19.1 Å². The van der Waals surface area contributed by atoms with Crippen LogP contribution in [0.25, 0.3) is 0 Å². The highest BCUT2D eigenvalue weighted by atomic mass is 16.5. The number of ether oxygens (including phenoxy) is 3. The molecule has 0 aliphatic carbocycles. The predicted molar refractivity (Wildman–Crippen MR) is 83.4 cm³/mol. The van der Waals surface area contributed by atoms with Crippen LogP contribution in [0.5, 0.6) is 5.75 Å². The smallest absolute Gasteiger partial charge is 0.375 e. The number of rotatable bonds is 8. The summed E-state index contributed by atoms with van der Waals surface area (Å²) in [6, 6.07) is 6.70. The number of hydrogen-bond donors (Lipinski definition) is 1. The van der Waals surface area contributed by atoms with Gasteiger partial charge in [-0.15, -0.1) is 0 Å². The van der Waals surface area contributed by atoms with E-state index in [-0.39, 0.29) is 0 Å². The highest BCUT2D eigenvalue weighted by Crippen LogP contribution is 2.24. The maximum absolute atomic E-state index is 12.1. The third-order valence-corrected chi connectivity index (χ3v) is 3.04. The Morgan fingerprint density at radius 2 is 1.75 bits per heavy atom. The number of hydrogen-bond acceptors (Lipinski definition) is 7. The zero-order chi connectivity index (χ0) is 18.1. The van der Waals surface area contributed by atoms with Crippen molar-refractivity contribution >= 4 is 29.3 Å². The summed E-state index contributed by atoms with van der Waals surface area (Å²) in [5.74, 6) is -5.11. The lowest BCUT2D eigenvalue weighted by molar-refractivity contribution is -0.160. The second-order valence-corrected chi connectivity index (χ2v) is 4.61.